The molecule has 1 aromatic rings. The van der Waals surface area contributed by atoms with E-state index in [-0.39, 0.29) is 17.7 Å². The molecule has 1 saturated heterocycles. The smallest absolute Gasteiger partial charge is 0.229 e. The van der Waals surface area contributed by atoms with Crippen molar-refractivity contribution in [3.05, 3.63) is 29.3 Å². The van der Waals surface area contributed by atoms with Crippen LogP contribution in [0.1, 0.15) is 56.6 Å². The van der Waals surface area contributed by atoms with Gasteiger partial charge in [-0.2, -0.15) is 0 Å². The minimum Gasteiger partial charge on any atom is -0.339 e. The molecule has 1 aromatic carbocycles. The number of aryl methyl sites for hydroxylation is 2. The van der Waals surface area contributed by atoms with Crippen LogP contribution in [-0.4, -0.2) is 29.3 Å². The van der Waals surface area contributed by atoms with E-state index in [0.717, 1.165) is 36.1 Å². The SMILES string of the molecule is CCc1cccc(C)c1NC(=O)[C@H]1CC(=O)N(C2CCCCC2)C1. The van der Waals surface area contributed by atoms with Crippen molar-refractivity contribution in [1.82, 2.24) is 4.90 Å². The van der Waals surface area contributed by atoms with Crippen LogP contribution >= 0.6 is 0 Å². The maximum atomic E-state index is 12.7. The second kappa shape index (κ2) is 7.37. The molecule has 1 saturated carbocycles. The van der Waals surface area contributed by atoms with Crippen molar-refractivity contribution >= 4 is 17.5 Å². The van der Waals surface area contributed by atoms with E-state index in [0.29, 0.717) is 19.0 Å². The molecule has 3 rings (SSSR count). The predicted octanol–water partition coefficient (Wildman–Crippen LogP) is 3.68. The molecule has 1 aliphatic heterocycles. The van der Waals surface area contributed by atoms with Crippen molar-refractivity contribution in [2.45, 2.75) is 64.8 Å². The Morgan fingerprint density at radius 1 is 1.25 bits per heavy atom. The number of carbonyl (C=O) groups excluding carboxylic acids is 2. The molecule has 1 aliphatic carbocycles. The Morgan fingerprint density at radius 2 is 2.00 bits per heavy atom. The summed E-state index contributed by atoms with van der Waals surface area (Å²) in [5.74, 6) is -0.0723. The molecule has 4 nitrogen and oxygen atoms in total. The summed E-state index contributed by atoms with van der Waals surface area (Å²) in [6.07, 6.45) is 7.11. The Hall–Kier alpha value is -1.84. The Morgan fingerprint density at radius 3 is 2.71 bits per heavy atom. The molecule has 24 heavy (non-hydrogen) atoms. The van der Waals surface area contributed by atoms with Crippen LogP contribution in [0.25, 0.3) is 0 Å². The number of nitrogens with one attached hydrogen (secondary N) is 1. The summed E-state index contributed by atoms with van der Waals surface area (Å²) in [4.78, 5) is 27.1. The Kier molecular flexibility index (Phi) is 5.22. The average molecular weight is 328 g/mol. The van der Waals surface area contributed by atoms with Gasteiger partial charge in [0.05, 0.1) is 5.92 Å². The molecule has 0 spiro atoms. The largest absolute Gasteiger partial charge is 0.339 e. The summed E-state index contributed by atoms with van der Waals surface area (Å²) >= 11 is 0. The van der Waals surface area contributed by atoms with Crippen molar-refractivity contribution < 1.29 is 9.59 Å². The summed E-state index contributed by atoms with van der Waals surface area (Å²) in [7, 11) is 0. The second-order valence-corrected chi connectivity index (χ2v) is 7.19. The molecule has 0 radical (unpaired) electrons. The molecule has 2 amide bonds. The van der Waals surface area contributed by atoms with Crippen LogP contribution in [0, 0.1) is 12.8 Å². The molecule has 0 aromatic heterocycles. The third-order valence-electron chi connectivity index (χ3n) is 5.53. The van der Waals surface area contributed by atoms with Crippen LogP contribution in [0.2, 0.25) is 0 Å². The summed E-state index contributed by atoms with van der Waals surface area (Å²) in [6.45, 7) is 4.69. The van der Waals surface area contributed by atoms with Crippen LogP contribution in [-0.2, 0) is 16.0 Å². The lowest BCUT2D eigenvalue weighted by Gasteiger charge is -2.31. The molecule has 1 N–H and O–H groups in total. The fourth-order valence-electron chi connectivity index (χ4n) is 4.08. The maximum Gasteiger partial charge on any atom is 0.229 e. The molecule has 0 bridgehead atoms. The number of likely N-dealkylation sites (tertiary alicyclic amines) is 1. The van der Waals surface area contributed by atoms with Crippen LogP contribution in [0.15, 0.2) is 18.2 Å². The quantitative estimate of drug-likeness (QED) is 0.916. The number of anilines is 1. The van der Waals surface area contributed by atoms with E-state index in [4.69, 9.17) is 0 Å². The van der Waals surface area contributed by atoms with Crippen LogP contribution in [0.4, 0.5) is 5.69 Å². The van der Waals surface area contributed by atoms with Gasteiger partial charge >= 0.3 is 0 Å². The summed E-state index contributed by atoms with van der Waals surface area (Å²) < 4.78 is 0. The zero-order valence-corrected chi connectivity index (χ0v) is 14.8. The first-order valence-electron chi connectivity index (χ1n) is 9.29. The van der Waals surface area contributed by atoms with E-state index in [1.54, 1.807) is 0 Å². The van der Waals surface area contributed by atoms with Crippen molar-refractivity contribution in [3.8, 4) is 0 Å². The standard InChI is InChI=1S/C20H28N2O2/c1-3-15-9-7-8-14(2)19(15)21-20(24)16-12-18(23)22(13-16)17-10-5-4-6-11-17/h7-9,16-17H,3-6,10-13H2,1-2H3,(H,21,24)/t16-/m0/s1. The number of hydrogen-bond donors (Lipinski definition) is 1. The Labute approximate surface area is 144 Å². The van der Waals surface area contributed by atoms with Crippen LogP contribution in [0.5, 0.6) is 0 Å². The van der Waals surface area contributed by atoms with E-state index >= 15 is 0 Å². The van der Waals surface area contributed by atoms with E-state index in [1.807, 2.05) is 24.0 Å². The van der Waals surface area contributed by atoms with Gasteiger partial charge in [0.15, 0.2) is 0 Å². The van der Waals surface area contributed by atoms with Gasteiger partial charge in [-0.15, -0.1) is 0 Å². The van der Waals surface area contributed by atoms with Crippen LogP contribution in [0.3, 0.4) is 0 Å². The molecule has 130 valence electrons. The Balaban J connectivity index is 1.67. The maximum absolute atomic E-state index is 12.7. The van der Waals surface area contributed by atoms with Gasteiger partial charge < -0.3 is 10.2 Å². The van der Waals surface area contributed by atoms with E-state index < -0.39 is 0 Å². The molecule has 1 atom stereocenters. The fourth-order valence-corrected chi connectivity index (χ4v) is 4.08. The first-order chi connectivity index (χ1) is 11.6. The van der Waals surface area contributed by atoms with E-state index in [1.165, 1.54) is 19.3 Å². The van der Waals surface area contributed by atoms with Gasteiger partial charge in [-0.3, -0.25) is 9.59 Å². The van der Waals surface area contributed by atoms with Crippen molar-refractivity contribution in [2.24, 2.45) is 5.92 Å². The topological polar surface area (TPSA) is 49.4 Å². The second-order valence-electron chi connectivity index (χ2n) is 7.19. The molecular weight excluding hydrogens is 300 g/mol. The monoisotopic (exact) mass is 328 g/mol. The van der Waals surface area contributed by atoms with Crippen molar-refractivity contribution in [2.75, 3.05) is 11.9 Å². The van der Waals surface area contributed by atoms with Gasteiger partial charge in [0.1, 0.15) is 0 Å². The lowest BCUT2D eigenvalue weighted by Crippen LogP contribution is -2.38. The highest BCUT2D eigenvalue weighted by Crippen LogP contribution is 2.30. The normalized spacial score (nSPS) is 22.0. The van der Waals surface area contributed by atoms with E-state index in [9.17, 15) is 9.59 Å². The predicted molar refractivity (Wildman–Crippen MR) is 95.9 cm³/mol. The number of para-hydroxylation sites is 1. The zero-order chi connectivity index (χ0) is 17.1. The summed E-state index contributed by atoms with van der Waals surface area (Å²) in [5, 5.41) is 3.10. The first-order valence-corrected chi connectivity index (χ1v) is 9.29. The highest BCUT2D eigenvalue weighted by atomic mass is 16.2. The molecule has 0 unspecified atom stereocenters. The number of hydrogen-bond acceptors (Lipinski definition) is 2. The highest BCUT2D eigenvalue weighted by Gasteiger charge is 2.38. The minimum absolute atomic E-state index is 0.00865. The number of amides is 2. The molecule has 4 heteroatoms. The molecular formula is C20H28N2O2. The van der Waals surface area contributed by atoms with Crippen LogP contribution < -0.4 is 5.32 Å². The van der Waals surface area contributed by atoms with Gasteiger partial charge in [-0.25, -0.2) is 0 Å². The number of nitrogens with zero attached hydrogens (tertiary/aromatic N) is 1. The lowest BCUT2D eigenvalue weighted by molar-refractivity contribution is -0.130. The minimum atomic E-state index is -0.219. The molecule has 2 fully saturated rings. The fraction of sp³-hybridized carbons (Fsp3) is 0.600. The lowest BCUT2D eigenvalue weighted by atomic mass is 9.94. The van der Waals surface area contributed by atoms with Gasteiger partial charge in [0.2, 0.25) is 11.8 Å². The molecule has 2 aliphatic rings. The average Bonchev–Trinajstić information content (AvgIpc) is 2.99. The zero-order valence-electron chi connectivity index (χ0n) is 14.8. The van der Waals surface area contributed by atoms with Gasteiger partial charge in [-0.05, 0) is 37.3 Å². The van der Waals surface area contributed by atoms with Gasteiger partial charge in [0, 0.05) is 24.7 Å². The summed E-state index contributed by atoms with van der Waals surface area (Å²) in [5.41, 5.74) is 3.15. The van der Waals surface area contributed by atoms with E-state index in [2.05, 4.69) is 18.3 Å². The third kappa shape index (κ3) is 3.47. The molecule has 1 heterocycles. The highest BCUT2D eigenvalue weighted by molar-refractivity contribution is 5.98. The van der Waals surface area contributed by atoms with Crippen molar-refractivity contribution in [1.29, 1.82) is 0 Å². The van der Waals surface area contributed by atoms with Gasteiger partial charge in [-0.1, -0.05) is 44.4 Å². The number of benzene rings is 1. The number of rotatable bonds is 4. The first kappa shape index (κ1) is 17.0. The van der Waals surface area contributed by atoms with Gasteiger partial charge in [0.25, 0.3) is 0 Å². The van der Waals surface area contributed by atoms with Crippen molar-refractivity contribution in [3.63, 3.8) is 0 Å². The summed E-state index contributed by atoms with van der Waals surface area (Å²) in [6, 6.07) is 6.45. The third-order valence-corrected chi connectivity index (χ3v) is 5.53. The number of carbonyl (C=O) groups is 2. The Bertz CT molecular complexity index is 620.